The Labute approximate surface area is 122 Å². The summed E-state index contributed by atoms with van der Waals surface area (Å²) in [4.78, 5) is 2.82. The molecule has 0 aromatic heterocycles. The number of hydrogen-bond donors (Lipinski definition) is 0. The van der Waals surface area contributed by atoms with Crippen LogP contribution in [0.5, 0.6) is 0 Å². The van der Waals surface area contributed by atoms with E-state index in [0.29, 0.717) is 11.1 Å². The van der Waals surface area contributed by atoms with Crippen molar-refractivity contribution in [2.24, 2.45) is 11.8 Å². The molecule has 0 aliphatic carbocycles. The summed E-state index contributed by atoms with van der Waals surface area (Å²) in [5.41, 5.74) is 0.724. The van der Waals surface area contributed by atoms with Crippen LogP contribution in [-0.4, -0.2) is 22.5 Å². The topological polar surface area (TPSA) is 3.24 Å². The summed E-state index contributed by atoms with van der Waals surface area (Å²) in [7, 11) is 0. The normalized spacial score (nSPS) is 25.4. The van der Waals surface area contributed by atoms with Crippen molar-refractivity contribution in [3.8, 4) is 0 Å². The first kappa shape index (κ1) is 17.0. The van der Waals surface area contributed by atoms with Crippen LogP contribution in [0.2, 0.25) is 0 Å². The zero-order chi connectivity index (χ0) is 14.7. The Morgan fingerprint density at radius 2 is 1.58 bits per heavy atom. The fraction of sp³-hybridized carbons (Fsp3) is 1.00. The third-order valence-electron chi connectivity index (χ3n) is 5.14. The van der Waals surface area contributed by atoms with Crippen LogP contribution in [0.4, 0.5) is 0 Å². The molecular weight excluding hydrogens is 230 g/mol. The van der Waals surface area contributed by atoms with Gasteiger partial charge in [-0.15, -0.1) is 0 Å². The first-order chi connectivity index (χ1) is 8.73. The van der Waals surface area contributed by atoms with Gasteiger partial charge < -0.3 is 0 Å². The minimum absolute atomic E-state index is 0.362. The van der Waals surface area contributed by atoms with Gasteiger partial charge in [-0.2, -0.15) is 0 Å². The van der Waals surface area contributed by atoms with Crippen molar-refractivity contribution in [3.05, 3.63) is 0 Å². The molecule has 0 spiro atoms. The van der Waals surface area contributed by atoms with Crippen LogP contribution in [-0.2, 0) is 0 Å². The third kappa shape index (κ3) is 4.48. The van der Waals surface area contributed by atoms with E-state index < -0.39 is 0 Å². The van der Waals surface area contributed by atoms with Crippen molar-refractivity contribution in [2.75, 3.05) is 6.54 Å². The molecule has 1 aliphatic heterocycles. The molecule has 1 rings (SSSR count). The van der Waals surface area contributed by atoms with Crippen molar-refractivity contribution < 1.29 is 0 Å². The molecule has 0 aromatic rings. The Morgan fingerprint density at radius 3 is 2.00 bits per heavy atom. The van der Waals surface area contributed by atoms with E-state index in [1.807, 2.05) is 0 Å². The Bertz CT molecular complexity index is 249. The van der Waals surface area contributed by atoms with Crippen LogP contribution >= 0.6 is 0 Å². The second kappa shape index (κ2) is 6.61. The molecule has 114 valence electrons. The van der Waals surface area contributed by atoms with Crippen LogP contribution in [0.3, 0.4) is 0 Å². The highest BCUT2D eigenvalue weighted by Crippen LogP contribution is 2.42. The summed E-state index contributed by atoms with van der Waals surface area (Å²) in [6.07, 6.45) is 8.16. The van der Waals surface area contributed by atoms with E-state index in [0.717, 1.165) is 11.8 Å². The molecule has 0 saturated carbocycles. The van der Waals surface area contributed by atoms with E-state index in [4.69, 9.17) is 0 Å². The van der Waals surface area contributed by atoms with Gasteiger partial charge in [0, 0.05) is 17.6 Å². The van der Waals surface area contributed by atoms with Gasteiger partial charge in [0.05, 0.1) is 0 Å². The largest absolute Gasteiger partial charge is 0.293 e. The maximum absolute atomic E-state index is 2.82. The van der Waals surface area contributed by atoms with E-state index in [1.54, 1.807) is 0 Å². The predicted molar refractivity (Wildman–Crippen MR) is 86.6 cm³/mol. The number of hydrogen-bond acceptors (Lipinski definition) is 1. The molecule has 1 saturated heterocycles. The highest BCUT2D eigenvalue weighted by Gasteiger charge is 2.44. The van der Waals surface area contributed by atoms with E-state index in [1.165, 1.54) is 45.1 Å². The van der Waals surface area contributed by atoms with Gasteiger partial charge in [0.1, 0.15) is 0 Å². The van der Waals surface area contributed by atoms with Gasteiger partial charge in [0.25, 0.3) is 0 Å². The Kier molecular flexibility index (Phi) is 5.92. The minimum atomic E-state index is 0.362. The molecule has 1 aliphatic rings. The number of rotatable bonds is 6. The summed E-state index contributed by atoms with van der Waals surface area (Å²) in [5.74, 6) is 1.74. The number of likely N-dealkylation sites (tertiary alicyclic amines) is 1. The molecule has 19 heavy (non-hydrogen) atoms. The maximum Gasteiger partial charge on any atom is 0.0161 e. The maximum atomic E-state index is 2.82. The second-order valence-corrected chi connectivity index (χ2v) is 8.17. The van der Waals surface area contributed by atoms with Crippen LogP contribution in [0.1, 0.15) is 87.0 Å². The average Bonchev–Trinajstić information content (AvgIpc) is 2.25. The standard InChI is InChI=1S/C18H37N/c1-8-10-11-16(9-2)14-19-17(4,5)12-15(3)13-18(19,6)7/h15-16H,8-14H2,1-7H3. The summed E-state index contributed by atoms with van der Waals surface area (Å²) in [5, 5.41) is 0. The second-order valence-electron chi connectivity index (χ2n) is 8.17. The fourth-order valence-electron chi connectivity index (χ4n) is 4.49. The Hall–Kier alpha value is -0.0400. The summed E-state index contributed by atoms with van der Waals surface area (Å²) < 4.78 is 0. The van der Waals surface area contributed by atoms with Gasteiger partial charge in [-0.3, -0.25) is 4.90 Å². The average molecular weight is 268 g/mol. The molecule has 0 bridgehead atoms. The Balaban J connectivity index is 2.76. The fourth-order valence-corrected chi connectivity index (χ4v) is 4.49. The molecule has 1 fully saturated rings. The van der Waals surface area contributed by atoms with Gasteiger partial charge in [-0.1, -0.05) is 40.0 Å². The molecule has 0 amide bonds. The molecule has 1 nitrogen and oxygen atoms in total. The van der Waals surface area contributed by atoms with E-state index >= 15 is 0 Å². The Morgan fingerprint density at radius 1 is 1.05 bits per heavy atom. The van der Waals surface area contributed by atoms with Gasteiger partial charge in [0.2, 0.25) is 0 Å². The molecule has 1 heteroatoms. The highest BCUT2D eigenvalue weighted by atomic mass is 15.3. The minimum Gasteiger partial charge on any atom is -0.293 e. The van der Waals surface area contributed by atoms with Crippen LogP contribution < -0.4 is 0 Å². The highest BCUT2D eigenvalue weighted by molar-refractivity contribution is 4.99. The molecule has 0 aromatic carbocycles. The molecule has 1 atom stereocenters. The van der Waals surface area contributed by atoms with Gasteiger partial charge in [-0.25, -0.2) is 0 Å². The summed E-state index contributed by atoms with van der Waals surface area (Å²) >= 11 is 0. The number of unbranched alkanes of at least 4 members (excludes halogenated alkanes) is 1. The van der Waals surface area contributed by atoms with E-state index in [9.17, 15) is 0 Å². The van der Waals surface area contributed by atoms with Crippen molar-refractivity contribution in [3.63, 3.8) is 0 Å². The number of nitrogens with zero attached hydrogens (tertiary/aromatic N) is 1. The van der Waals surface area contributed by atoms with E-state index in [2.05, 4.69) is 53.4 Å². The van der Waals surface area contributed by atoms with Gasteiger partial charge in [0.15, 0.2) is 0 Å². The van der Waals surface area contributed by atoms with Crippen molar-refractivity contribution in [2.45, 2.75) is 98.1 Å². The lowest BCUT2D eigenvalue weighted by Gasteiger charge is -2.56. The first-order valence-electron chi connectivity index (χ1n) is 8.50. The van der Waals surface area contributed by atoms with Gasteiger partial charge >= 0.3 is 0 Å². The van der Waals surface area contributed by atoms with Crippen LogP contribution in [0, 0.1) is 11.8 Å². The molecule has 1 unspecified atom stereocenters. The zero-order valence-electron chi connectivity index (χ0n) is 14.6. The number of piperidine rings is 1. The van der Waals surface area contributed by atoms with Crippen molar-refractivity contribution in [1.29, 1.82) is 0 Å². The zero-order valence-corrected chi connectivity index (χ0v) is 14.6. The third-order valence-corrected chi connectivity index (χ3v) is 5.14. The lowest BCUT2D eigenvalue weighted by atomic mass is 9.73. The quantitative estimate of drug-likeness (QED) is 0.615. The molecule has 0 N–H and O–H groups in total. The summed E-state index contributed by atoms with van der Waals surface area (Å²) in [6.45, 7) is 18.2. The monoisotopic (exact) mass is 267 g/mol. The molecular formula is C18H37N. The first-order valence-corrected chi connectivity index (χ1v) is 8.50. The molecule has 0 radical (unpaired) electrons. The predicted octanol–water partition coefficient (Wildman–Crippen LogP) is 5.49. The smallest absolute Gasteiger partial charge is 0.0161 e. The van der Waals surface area contributed by atoms with Crippen LogP contribution in [0.25, 0.3) is 0 Å². The summed E-state index contributed by atoms with van der Waals surface area (Å²) in [6, 6.07) is 0. The van der Waals surface area contributed by atoms with Crippen molar-refractivity contribution >= 4 is 0 Å². The van der Waals surface area contributed by atoms with Gasteiger partial charge in [-0.05, 0) is 58.8 Å². The SMILES string of the molecule is CCCCC(CC)CN1C(C)(C)CC(C)CC1(C)C. The molecule has 1 heterocycles. The lowest BCUT2D eigenvalue weighted by molar-refractivity contribution is -0.0584. The van der Waals surface area contributed by atoms with E-state index in [-0.39, 0.29) is 0 Å². The van der Waals surface area contributed by atoms with Crippen molar-refractivity contribution in [1.82, 2.24) is 4.90 Å². The lowest BCUT2D eigenvalue weighted by Crippen LogP contribution is -2.61. The van der Waals surface area contributed by atoms with Crippen LogP contribution in [0.15, 0.2) is 0 Å².